The van der Waals surface area contributed by atoms with Gasteiger partial charge in [0.25, 0.3) is 0 Å². The molecule has 6 heteroatoms. The Kier molecular flexibility index (Phi) is 4.24. The predicted molar refractivity (Wildman–Crippen MR) is 81.3 cm³/mol. The second kappa shape index (κ2) is 6.12. The van der Waals surface area contributed by atoms with E-state index in [2.05, 4.69) is 32.1 Å². The van der Waals surface area contributed by atoms with Crippen LogP contribution >= 0.6 is 11.6 Å². The van der Waals surface area contributed by atoms with Crippen LogP contribution in [0.15, 0.2) is 0 Å². The minimum absolute atomic E-state index is 0.286. The van der Waals surface area contributed by atoms with Gasteiger partial charge in [-0.05, 0) is 49.6 Å². The topological polar surface area (TPSA) is 53.9 Å². The second-order valence-corrected chi connectivity index (χ2v) is 6.27. The molecule has 1 saturated carbocycles. The molecule has 2 heterocycles. The highest BCUT2D eigenvalue weighted by atomic mass is 35.5. The summed E-state index contributed by atoms with van der Waals surface area (Å²) in [7, 11) is 0. The standard InChI is InChI=1S/C14H22ClN5/c1-10-6-5-7-11(10)16-13-17-12(15)18-14(19-13)20-8-3-2-4-9-20/h10-11H,2-9H2,1H3,(H,16,17,18,19). The number of anilines is 2. The molecule has 3 rings (SSSR count). The predicted octanol–water partition coefficient (Wildman–Crippen LogP) is 3.12. The third kappa shape index (κ3) is 3.14. The number of aromatic nitrogens is 3. The van der Waals surface area contributed by atoms with Gasteiger partial charge in [-0.1, -0.05) is 13.3 Å². The van der Waals surface area contributed by atoms with Crippen LogP contribution < -0.4 is 10.2 Å². The van der Waals surface area contributed by atoms with E-state index in [0.29, 0.717) is 17.9 Å². The minimum Gasteiger partial charge on any atom is -0.351 e. The van der Waals surface area contributed by atoms with Crippen LogP contribution in [0.5, 0.6) is 0 Å². The monoisotopic (exact) mass is 295 g/mol. The summed E-state index contributed by atoms with van der Waals surface area (Å²) in [5, 5.41) is 3.72. The van der Waals surface area contributed by atoms with Gasteiger partial charge in [0.1, 0.15) is 0 Å². The Morgan fingerprint density at radius 1 is 1.05 bits per heavy atom. The van der Waals surface area contributed by atoms with Gasteiger partial charge in [0, 0.05) is 19.1 Å². The first kappa shape index (κ1) is 13.9. The summed E-state index contributed by atoms with van der Waals surface area (Å²) in [5.41, 5.74) is 0. The lowest BCUT2D eigenvalue weighted by molar-refractivity contribution is 0.550. The van der Waals surface area contributed by atoms with Gasteiger partial charge < -0.3 is 10.2 Å². The molecule has 2 aliphatic rings. The van der Waals surface area contributed by atoms with Crippen LogP contribution in [0.4, 0.5) is 11.9 Å². The van der Waals surface area contributed by atoms with Gasteiger partial charge in [-0.25, -0.2) is 0 Å². The highest BCUT2D eigenvalue weighted by molar-refractivity contribution is 6.28. The fraction of sp³-hybridized carbons (Fsp3) is 0.786. The number of hydrogen-bond acceptors (Lipinski definition) is 5. The van der Waals surface area contributed by atoms with Crippen molar-refractivity contribution in [3.05, 3.63) is 5.28 Å². The highest BCUT2D eigenvalue weighted by Gasteiger charge is 2.24. The number of hydrogen-bond donors (Lipinski definition) is 1. The largest absolute Gasteiger partial charge is 0.351 e. The molecule has 110 valence electrons. The lowest BCUT2D eigenvalue weighted by atomic mass is 10.1. The summed E-state index contributed by atoms with van der Waals surface area (Å²) < 4.78 is 0. The van der Waals surface area contributed by atoms with Crippen molar-refractivity contribution in [2.75, 3.05) is 23.3 Å². The van der Waals surface area contributed by atoms with Gasteiger partial charge in [0.15, 0.2) is 0 Å². The first-order valence-corrected chi connectivity index (χ1v) is 8.03. The van der Waals surface area contributed by atoms with E-state index in [0.717, 1.165) is 19.0 Å². The van der Waals surface area contributed by atoms with Crippen LogP contribution in [-0.2, 0) is 0 Å². The van der Waals surface area contributed by atoms with E-state index in [-0.39, 0.29) is 5.28 Å². The molecule has 0 radical (unpaired) electrons. The van der Waals surface area contributed by atoms with Crippen LogP contribution in [-0.4, -0.2) is 34.1 Å². The number of halogens is 1. The SMILES string of the molecule is CC1CCCC1Nc1nc(Cl)nc(N2CCCCC2)n1. The molecule has 0 spiro atoms. The maximum absolute atomic E-state index is 6.06. The van der Waals surface area contributed by atoms with E-state index in [1.54, 1.807) is 0 Å². The summed E-state index contributed by atoms with van der Waals surface area (Å²) in [6, 6.07) is 0.461. The molecule has 1 aliphatic heterocycles. The average Bonchev–Trinajstić information content (AvgIpc) is 2.85. The van der Waals surface area contributed by atoms with E-state index in [9.17, 15) is 0 Å². The Balaban J connectivity index is 1.75. The number of rotatable bonds is 3. The highest BCUT2D eigenvalue weighted by Crippen LogP contribution is 2.27. The van der Waals surface area contributed by atoms with E-state index in [1.807, 2.05) is 0 Å². The van der Waals surface area contributed by atoms with Crippen molar-refractivity contribution in [3.8, 4) is 0 Å². The maximum Gasteiger partial charge on any atom is 0.231 e. The fourth-order valence-electron chi connectivity index (χ4n) is 3.17. The molecular formula is C14H22ClN5. The van der Waals surface area contributed by atoms with Gasteiger partial charge in [-0.3, -0.25) is 0 Å². The van der Waals surface area contributed by atoms with Crippen molar-refractivity contribution in [2.24, 2.45) is 5.92 Å². The van der Waals surface area contributed by atoms with Crippen molar-refractivity contribution in [1.29, 1.82) is 0 Å². The Labute approximate surface area is 125 Å². The number of nitrogens with one attached hydrogen (secondary N) is 1. The van der Waals surface area contributed by atoms with Crippen LogP contribution in [0.3, 0.4) is 0 Å². The normalized spacial score (nSPS) is 26.8. The number of nitrogens with zero attached hydrogens (tertiary/aromatic N) is 4. The third-order valence-electron chi connectivity index (χ3n) is 4.41. The molecule has 5 nitrogen and oxygen atoms in total. The van der Waals surface area contributed by atoms with Gasteiger partial charge >= 0.3 is 0 Å². The summed E-state index contributed by atoms with van der Waals surface area (Å²) >= 11 is 6.06. The first-order chi connectivity index (χ1) is 9.72. The molecule has 1 aliphatic carbocycles. The molecule has 1 N–H and O–H groups in total. The first-order valence-electron chi connectivity index (χ1n) is 7.65. The molecule has 1 aromatic rings. The molecule has 0 amide bonds. The summed E-state index contributed by atoms with van der Waals surface area (Å²) in [5.74, 6) is 2.02. The zero-order chi connectivity index (χ0) is 13.9. The van der Waals surface area contributed by atoms with Gasteiger partial charge in [0.2, 0.25) is 17.2 Å². The Morgan fingerprint density at radius 3 is 2.55 bits per heavy atom. The summed E-state index contributed by atoms with van der Waals surface area (Å²) in [4.78, 5) is 15.3. The van der Waals surface area contributed by atoms with Gasteiger partial charge in [-0.2, -0.15) is 15.0 Å². The van der Waals surface area contributed by atoms with Gasteiger partial charge in [0.05, 0.1) is 0 Å². The molecule has 0 aromatic carbocycles. The van der Waals surface area contributed by atoms with Crippen molar-refractivity contribution >= 4 is 23.5 Å². The fourth-order valence-corrected chi connectivity index (χ4v) is 3.32. The maximum atomic E-state index is 6.06. The lowest BCUT2D eigenvalue weighted by Gasteiger charge is -2.27. The quantitative estimate of drug-likeness (QED) is 0.928. The molecule has 1 saturated heterocycles. The molecule has 1 aromatic heterocycles. The molecule has 0 bridgehead atoms. The molecule has 2 fully saturated rings. The average molecular weight is 296 g/mol. The summed E-state index contributed by atoms with van der Waals surface area (Å²) in [6.45, 7) is 4.30. The van der Waals surface area contributed by atoms with Crippen LogP contribution in [0.2, 0.25) is 5.28 Å². The van der Waals surface area contributed by atoms with E-state index in [4.69, 9.17) is 11.6 Å². The molecule has 2 unspecified atom stereocenters. The Hall–Kier alpha value is -1.10. The molecule has 20 heavy (non-hydrogen) atoms. The second-order valence-electron chi connectivity index (χ2n) is 5.93. The Bertz CT molecular complexity index is 461. The van der Waals surface area contributed by atoms with Crippen molar-refractivity contribution in [2.45, 2.75) is 51.5 Å². The van der Waals surface area contributed by atoms with Gasteiger partial charge in [-0.15, -0.1) is 0 Å². The smallest absolute Gasteiger partial charge is 0.231 e. The van der Waals surface area contributed by atoms with Crippen LogP contribution in [0, 0.1) is 5.92 Å². The summed E-state index contributed by atoms with van der Waals surface area (Å²) in [6.07, 6.45) is 7.42. The molecular weight excluding hydrogens is 274 g/mol. The van der Waals surface area contributed by atoms with Crippen LogP contribution in [0.1, 0.15) is 45.4 Å². The number of piperidine rings is 1. The van der Waals surface area contributed by atoms with Crippen molar-refractivity contribution in [1.82, 2.24) is 15.0 Å². The van der Waals surface area contributed by atoms with E-state index < -0.39 is 0 Å². The third-order valence-corrected chi connectivity index (χ3v) is 4.58. The zero-order valence-electron chi connectivity index (χ0n) is 12.0. The lowest BCUT2D eigenvalue weighted by Crippen LogP contribution is -2.32. The van der Waals surface area contributed by atoms with Crippen molar-refractivity contribution < 1.29 is 0 Å². The van der Waals surface area contributed by atoms with E-state index >= 15 is 0 Å². The zero-order valence-corrected chi connectivity index (χ0v) is 12.7. The van der Waals surface area contributed by atoms with Crippen molar-refractivity contribution in [3.63, 3.8) is 0 Å². The van der Waals surface area contributed by atoms with Crippen LogP contribution in [0.25, 0.3) is 0 Å². The van der Waals surface area contributed by atoms with E-state index in [1.165, 1.54) is 38.5 Å². The Morgan fingerprint density at radius 2 is 1.85 bits per heavy atom. The minimum atomic E-state index is 0.286. The molecule has 2 atom stereocenters.